The monoisotopic (exact) mass is 326 g/mol. The van der Waals surface area contributed by atoms with E-state index in [0.29, 0.717) is 16.8 Å². The molecule has 0 aromatic carbocycles. The highest BCUT2D eigenvalue weighted by Gasteiger charge is 2.25. The third-order valence-electron chi connectivity index (χ3n) is 4.47. The molecule has 0 amide bonds. The number of ether oxygens (including phenoxy) is 1. The summed E-state index contributed by atoms with van der Waals surface area (Å²) in [5.41, 5.74) is 1.23. The molecule has 0 radical (unpaired) electrons. The summed E-state index contributed by atoms with van der Waals surface area (Å²) in [6.45, 7) is 1.76. The van der Waals surface area contributed by atoms with Gasteiger partial charge in [0, 0.05) is 23.5 Å². The molecule has 4 heteroatoms. The van der Waals surface area contributed by atoms with Crippen LogP contribution in [-0.2, 0) is 11.2 Å². The molecule has 2 atom stereocenters. The molecule has 0 spiro atoms. The molecule has 0 bridgehead atoms. The predicted octanol–water partition coefficient (Wildman–Crippen LogP) is 3.73. The average Bonchev–Trinajstić information content (AvgIpc) is 2.91. The Balaban J connectivity index is 1.60. The van der Waals surface area contributed by atoms with E-state index in [2.05, 4.69) is 32.9 Å². The number of alkyl halides is 1. The first-order chi connectivity index (χ1) is 9.33. The number of aromatic nitrogens is 2. The molecule has 2 heterocycles. The maximum Gasteiger partial charge on any atom is 0.0628 e. The Hall–Kier alpha value is -0.350. The zero-order valence-electron chi connectivity index (χ0n) is 11.4. The molecule has 3 nitrogen and oxygen atoms in total. The van der Waals surface area contributed by atoms with Crippen LogP contribution in [0.2, 0.25) is 0 Å². The zero-order chi connectivity index (χ0) is 13.1. The lowest BCUT2D eigenvalue weighted by Gasteiger charge is -2.27. The van der Waals surface area contributed by atoms with Gasteiger partial charge in [-0.15, -0.1) is 0 Å². The SMILES string of the molecule is BrC1CCOCC1Cc1ccn(C2CCCCC2)n1. The third kappa shape index (κ3) is 3.40. The van der Waals surface area contributed by atoms with Crippen molar-refractivity contribution in [2.75, 3.05) is 13.2 Å². The highest BCUT2D eigenvalue weighted by atomic mass is 79.9. The van der Waals surface area contributed by atoms with Gasteiger partial charge in [-0.25, -0.2) is 0 Å². The van der Waals surface area contributed by atoms with E-state index < -0.39 is 0 Å². The van der Waals surface area contributed by atoms with Gasteiger partial charge < -0.3 is 4.74 Å². The van der Waals surface area contributed by atoms with Crippen LogP contribution in [-0.4, -0.2) is 27.8 Å². The Morgan fingerprint density at radius 1 is 1.26 bits per heavy atom. The minimum Gasteiger partial charge on any atom is -0.381 e. The quantitative estimate of drug-likeness (QED) is 0.791. The van der Waals surface area contributed by atoms with Gasteiger partial charge in [0.2, 0.25) is 0 Å². The van der Waals surface area contributed by atoms with Gasteiger partial charge >= 0.3 is 0 Å². The molecule has 1 aliphatic heterocycles. The smallest absolute Gasteiger partial charge is 0.0628 e. The van der Waals surface area contributed by atoms with E-state index in [-0.39, 0.29) is 0 Å². The zero-order valence-corrected chi connectivity index (χ0v) is 13.0. The van der Waals surface area contributed by atoms with E-state index in [0.717, 1.165) is 26.1 Å². The molecule has 2 fully saturated rings. The summed E-state index contributed by atoms with van der Waals surface area (Å²) in [5, 5.41) is 4.80. The lowest BCUT2D eigenvalue weighted by Crippen LogP contribution is -2.29. The summed E-state index contributed by atoms with van der Waals surface area (Å²) < 4.78 is 7.79. The van der Waals surface area contributed by atoms with Crippen molar-refractivity contribution in [3.63, 3.8) is 0 Å². The van der Waals surface area contributed by atoms with Crippen molar-refractivity contribution in [3.8, 4) is 0 Å². The maximum atomic E-state index is 5.58. The molecule has 1 aliphatic carbocycles. The van der Waals surface area contributed by atoms with Crippen molar-refractivity contribution in [3.05, 3.63) is 18.0 Å². The first-order valence-electron chi connectivity index (χ1n) is 7.59. The van der Waals surface area contributed by atoms with Crippen LogP contribution >= 0.6 is 15.9 Å². The van der Waals surface area contributed by atoms with Crippen LogP contribution in [0.1, 0.15) is 50.3 Å². The fraction of sp³-hybridized carbons (Fsp3) is 0.800. The van der Waals surface area contributed by atoms with E-state index in [1.54, 1.807) is 0 Å². The second kappa shape index (κ2) is 6.40. The number of nitrogens with zero attached hydrogens (tertiary/aromatic N) is 2. The number of halogens is 1. The summed E-state index contributed by atoms with van der Waals surface area (Å²) in [4.78, 5) is 0.584. The van der Waals surface area contributed by atoms with Crippen LogP contribution in [0.3, 0.4) is 0 Å². The summed E-state index contributed by atoms with van der Waals surface area (Å²) in [7, 11) is 0. The van der Waals surface area contributed by atoms with Gasteiger partial charge in [0.05, 0.1) is 18.3 Å². The number of hydrogen-bond acceptors (Lipinski definition) is 2. The molecule has 3 rings (SSSR count). The molecule has 19 heavy (non-hydrogen) atoms. The molecule has 1 saturated heterocycles. The predicted molar refractivity (Wildman–Crippen MR) is 79.7 cm³/mol. The van der Waals surface area contributed by atoms with Gasteiger partial charge in [0.25, 0.3) is 0 Å². The summed E-state index contributed by atoms with van der Waals surface area (Å²) in [5.74, 6) is 0.573. The molecule has 106 valence electrons. The average molecular weight is 327 g/mol. The topological polar surface area (TPSA) is 27.1 Å². The van der Waals surface area contributed by atoms with E-state index in [1.807, 2.05) is 0 Å². The van der Waals surface area contributed by atoms with Gasteiger partial charge in [-0.2, -0.15) is 5.10 Å². The standard InChI is InChI=1S/C15H23BrN2O/c16-15-7-9-19-11-12(15)10-13-6-8-18(17-13)14-4-2-1-3-5-14/h6,8,12,14-15H,1-5,7,9-11H2. The third-order valence-corrected chi connectivity index (χ3v) is 5.67. The first kappa shape index (κ1) is 13.6. The van der Waals surface area contributed by atoms with Gasteiger partial charge in [0.15, 0.2) is 0 Å². The molecule has 2 unspecified atom stereocenters. The van der Waals surface area contributed by atoms with Crippen molar-refractivity contribution < 1.29 is 4.74 Å². The van der Waals surface area contributed by atoms with Gasteiger partial charge in [-0.3, -0.25) is 4.68 Å². The van der Waals surface area contributed by atoms with Gasteiger partial charge in [-0.1, -0.05) is 35.2 Å². The van der Waals surface area contributed by atoms with Crippen LogP contribution in [0.15, 0.2) is 12.3 Å². The Kier molecular flexibility index (Phi) is 4.59. The Bertz CT molecular complexity index is 401. The first-order valence-corrected chi connectivity index (χ1v) is 8.50. The Morgan fingerprint density at radius 2 is 2.11 bits per heavy atom. The number of hydrogen-bond donors (Lipinski definition) is 0. The second-order valence-corrected chi connectivity index (χ2v) is 7.10. The molecular weight excluding hydrogens is 304 g/mol. The van der Waals surface area contributed by atoms with E-state index in [1.165, 1.54) is 37.8 Å². The fourth-order valence-electron chi connectivity index (χ4n) is 3.26. The lowest BCUT2D eigenvalue weighted by atomic mass is 9.96. The fourth-order valence-corrected chi connectivity index (χ4v) is 3.79. The van der Waals surface area contributed by atoms with Crippen molar-refractivity contribution in [1.82, 2.24) is 9.78 Å². The van der Waals surface area contributed by atoms with E-state index in [4.69, 9.17) is 9.84 Å². The van der Waals surface area contributed by atoms with Gasteiger partial charge in [-0.05, 0) is 31.7 Å². The van der Waals surface area contributed by atoms with Crippen molar-refractivity contribution >= 4 is 15.9 Å². The lowest BCUT2D eigenvalue weighted by molar-refractivity contribution is 0.0601. The van der Waals surface area contributed by atoms with Crippen LogP contribution in [0.25, 0.3) is 0 Å². The molecule has 2 aliphatic rings. The minimum absolute atomic E-state index is 0.573. The molecule has 1 saturated carbocycles. The second-order valence-electron chi connectivity index (χ2n) is 5.92. The molecule has 0 N–H and O–H groups in total. The van der Waals surface area contributed by atoms with E-state index in [9.17, 15) is 0 Å². The molecular formula is C15H23BrN2O. The van der Waals surface area contributed by atoms with Crippen LogP contribution in [0.4, 0.5) is 0 Å². The minimum atomic E-state index is 0.573. The van der Waals surface area contributed by atoms with Crippen molar-refractivity contribution in [2.24, 2.45) is 5.92 Å². The summed E-state index contributed by atoms with van der Waals surface area (Å²) in [6, 6.07) is 2.84. The summed E-state index contributed by atoms with van der Waals surface area (Å²) >= 11 is 3.78. The normalized spacial score (nSPS) is 29.5. The van der Waals surface area contributed by atoms with Crippen LogP contribution < -0.4 is 0 Å². The van der Waals surface area contributed by atoms with Crippen LogP contribution in [0, 0.1) is 5.92 Å². The molecule has 1 aromatic heterocycles. The van der Waals surface area contributed by atoms with Crippen molar-refractivity contribution in [1.29, 1.82) is 0 Å². The summed E-state index contributed by atoms with van der Waals surface area (Å²) in [6.07, 6.45) is 11.1. The number of rotatable bonds is 3. The highest BCUT2D eigenvalue weighted by Crippen LogP contribution is 2.29. The van der Waals surface area contributed by atoms with Crippen LogP contribution in [0.5, 0.6) is 0 Å². The van der Waals surface area contributed by atoms with E-state index >= 15 is 0 Å². The van der Waals surface area contributed by atoms with Gasteiger partial charge in [0.1, 0.15) is 0 Å². The Morgan fingerprint density at radius 3 is 2.89 bits per heavy atom. The largest absolute Gasteiger partial charge is 0.381 e. The Labute approximate surface area is 123 Å². The molecule has 1 aromatic rings. The van der Waals surface area contributed by atoms with Crippen molar-refractivity contribution in [2.45, 2.75) is 55.8 Å². The highest BCUT2D eigenvalue weighted by molar-refractivity contribution is 9.09. The maximum absolute atomic E-state index is 5.58.